The van der Waals surface area contributed by atoms with Crippen molar-refractivity contribution < 1.29 is 14.6 Å². The molecule has 0 bridgehead atoms. The van der Waals surface area contributed by atoms with Gasteiger partial charge in [0.15, 0.2) is 0 Å². The van der Waals surface area contributed by atoms with Crippen LogP contribution in [-0.4, -0.2) is 19.2 Å². The molecule has 0 fully saturated rings. The molecule has 0 aromatic carbocycles. The van der Waals surface area contributed by atoms with Crippen LogP contribution in [0.3, 0.4) is 0 Å². The fraction of sp³-hybridized carbons (Fsp3) is 0.400. The average Bonchev–Trinajstić information content (AvgIpc) is 1.66. The maximum absolute atomic E-state index is 9.60. The Kier molecular flexibility index (Phi) is 3.88. The van der Waals surface area contributed by atoms with Gasteiger partial charge in [-0.25, -0.2) is 9.90 Å². The molecule has 0 aromatic heterocycles. The van der Waals surface area contributed by atoms with Gasteiger partial charge in [0.05, 0.1) is 6.61 Å². The molecular formula is C5H7O3. The first-order chi connectivity index (χ1) is 3.77. The number of hydrogen-bond donors (Lipinski definition) is 0. The lowest BCUT2D eigenvalue weighted by atomic mass is 10.7. The van der Waals surface area contributed by atoms with Crippen LogP contribution in [0.4, 0.5) is 0 Å². The van der Waals surface area contributed by atoms with E-state index < -0.39 is 5.97 Å². The smallest absolute Gasteiger partial charge is 0.366 e. The summed E-state index contributed by atoms with van der Waals surface area (Å²) in [6, 6.07) is 0. The fourth-order valence-electron chi connectivity index (χ4n) is 0.226. The Morgan fingerprint density at radius 1 is 1.75 bits per heavy atom. The summed E-state index contributed by atoms with van der Waals surface area (Å²) in [4.78, 5) is 9.60. The molecule has 0 aliphatic rings. The number of rotatable bonds is 4. The van der Waals surface area contributed by atoms with E-state index in [2.05, 4.69) is 11.3 Å². The lowest BCUT2D eigenvalue weighted by Crippen LogP contribution is -2.04. The van der Waals surface area contributed by atoms with Gasteiger partial charge in [-0.3, -0.25) is 0 Å². The van der Waals surface area contributed by atoms with Gasteiger partial charge in [0, 0.05) is 0 Å². The summed E-state index contributed by atoms with van der Waals surface area (Å²) in [5.41, 5.74) is 0. The van der Waals surface area contributed by atoms with Gasteiger partial charge < -0.3 is 4.74 Å². The highest BCUT2D eigenvalue weighted by atomic mass is 16.5. The van der Waals surface area contributed by atoms with Gasteiger partial charge >= 0.3 is 5.97 Å². The summed E-state index contributed by atoms with van der Waals surface area (Å²) in [5.74, 6) is -1.20. The molecule has 1 radical (unpaired) electrons. The van der Waals surface area contributed by atoms with Gasteiger partial charge in [0.1, 0.15) is 6.61 Å². The molecule has 3 heteroatoms. The van der Waals surface area contributed by atoms with E-state index in [9.17, 15) is 9.90 Å². The second-order valence-corrected chi connectivity index (χ2v) is 1.18. The van der Waals surface area contributed by atoms with E-state index in [0.717, 1.165) is 0 Å². The van der Waals surface area contributed by atoms with Crippen LogP contribution in [0.1, 0.15) is 0 Å². The third-order valence-electron chi connectivity index (χ3n) is 0.456. The molecule has 45 valence electrons. The quantitative estimate of drug-likeness (QED) is 0.386. The number of carbonyl (C=O) groups is 1. The molecule has 8 heavy (non-hydrogen) atoms. The van der Waals surface area contributed by atoms with Gasteiger partial charge in [0.25, 0.3) is 0 Å². The topological polar surface area (TPSA) is 46.2 Å². The summed E-state index contributed by atoms with van der Waals surface area (Å²) in [6.07, 6.45) is 1.48. The van der Waals surface area contributed by atoms with Gasteiger partial charge in [-0.15, -0.1) is 6.58 Å². The predicted octanol–water partition coefficient (Wildman–Crippen LogP) is 0.146. The van der Waals surface area contributed by atoms with Crippen LogP contribution < -0.4 is 0 Å². The van der Waals surface area contributed by atoms with Crippen molar-refractivity contribution >= 4 is 5.97 Å². The van der Waals surface area contributed by atoms with E-state index in [1.54, 1.807) is 0 Å². The molecule has 0 saturated carbocycles. The molecule has 0 rings (SSSR count). The van der Waals surface area contributed by atoms with Crippen LogP contribution in [-0.2, 0) is 14.6 Å². The summed E-state index contributed by atoms with van der Waals surface area (Å²) in [7, 11) is 0. The zero-order valence-corrected chi connectivity index (χ0v) is 4.42. The minimum atomic E-state index is -1.20. The van der Waals surface area contributed by atoms with Crippen LogP contribution in [0.25, 0.3) is 0 Å². The normalized spacial score (nSPS) is 8.50. The Balaban J connectivity index is 2.93. The highest BCUT2D eigenvalue weighted by Crippen LogP contribution is 1.73. The molecule has 0 aliphatic carbocycles. The molecule has 3 nitrogen and oxygen atoms in total. The van der Waals surface area contributed by atoms with Crippen molar-refractivity contribution in [2.45, 2.75) is 0 Å². The number of hydrogen-bond acceptors (Lipinski definition) is 2. The Morgan fingerprint density at radius 2 is 2.38 bits per heavy atom. The van der Waals surface area contributed by atoms with Crippen molar-refractivity contribution in [2.75, 3.05) is 13.2 Å². The van der Waals surface area contributed by atoms with Gasteiger partial charge in [0.2, 0.25) is 0 Å². The minimum Gasteiger partial charge on any atom is -0.366 e. The maximum Gasteiger partial charge on any atom is 0.380 e. The first-order valence-corrected chi connectivity index (χ1v) is 2.16. The van der Waals surface area contributed by atoms with Crippen LogP contribution >= 0.6 is 0 Å². The zero-order valence-electron chi connectivity index (χ0n) is 4.42. The zero-order chi connectivity index (χ0) is 6.41. The van der Waals surface area contributed by atoms with Crippen molar-refractivity contribution in [3.8, 4) is 0 Å². The maximum atomic E-state index is 9.60. The SMILES string of the molecule is C=CCOCC([O])=O. The Hall–Kier alpha value is -0.830. The second-order valence-electron chi connectivity index (χ2n) is 1.18. The Bertz CT molecular complexity index is 87.7. The van der Waals surface area contributed by atoms with Crippen molar-refractivity contribution in [1.82, 2.24) is 0 Å². The monoisotopic (exact) mass is 115 g/mol. The molecule has 0 spiro atoms. The third-order valence-corrected chi connectivity index (χ3v) is 0.456. The van der Waals surface area contributed by atoms with Crippen LogP contribution in [0.2, 0.25) is 0 Å². The molecule has 0 N–H and O–H groups in total. The highest BCUT2D eigenvalue weighted by Gasteiger charge is 1.94. The van der Waals surface area contributed by atoms with Crippen molar-refractivity contribution in [1.29, 1.82) is 0 Å². The van der Waals surface area contributed by atoms with E-state index in [1.165, 1.54) is 6.08 Å². The molecular weight excluding hydrogens is 108 g/mol. The third kappa shape index (κ3) is 5.17. The molecule has 0 aromatic rings. The standard InChI is InChI=1S/C5H7O3/c1-2-3-8-4-5(6)7/h2H,1,3-4H2. The van der Waals surface area contributed by atoms with E-state index in [1.807, 2.05) is 0 Å². The Morgan fingerprint density at radius 3 is 2.75 bits per heavy atom. The van der Waals surface area contributed by atoms with E-state index in [4.69, 9.17) is 0 Å². The molecule has 0 saturated heterocycles. The van der Waals surface area contributed by atoms with Crippen molar-refractivity contribution in [3.63, 3.8) is 0 Å². The Labute approximate surface area is 47.6 Å². The minimum absolute atomic E-state index is 0.258. The van der Waals surface area contributed by atoms with E-state index in [-0.39, 0.29) is 13.2 Å². The van der Waals surface area contributed by atoms with Crippen molar-refractivity contribution in [2.24, 2.45) is 0 Å². The summed E-state index contributed by atoms with van der Waals surface area (Å²) >= 11 is 0. The number of carbonyl (C=O) groups excluding carboxylic acids is 1. The van der Waals surface area contributed by atoms with Crippen molar-refractivity contribution in [3.05, 3.63) is 12.7 Å². The fourth-order valence-corrected chi connectivity index (χ4v) is 0.226. The first kappa shape index (κ1) is 7.17. The van der Waals surface area contributed by atoms with E-state index >= 15 is 0 Å². The highest BCUT2D eigenvalue weighted by molar-refractivity contribution is 5.67. The van der Waals surface area contributed by atoms with E-state index in [0.29, 0.717) is 0 Å². The second kappa shape index (κ2) is 4.33. The molecule has 0 atom stereocenters. The predicted molar refractivity (Wildman–Crippen MR) is 26.7 cm³/mol. The molecule has 0 heterocycles. The molecule has 0 aliphatic heterocycles. The lowest BCUT2D eigenvalue weighted by molar-refractivity contribution is -0.148. The van der Waals surface area contributed by atoms with Crippen LogP contribution in [0, 0.1) is 0 Å². The molecule has 0 unspecified atom stereocenters. The first-order valence-electron chi connectivity index (χ1n) is 2.16. The van der Waals surface area contributed by atoms with Gasteiger partial charge in [-0.05, 0) is 0 Å². The van der Waals surface area contributed by atoms with Gasteiger partial charge in [-0.1, -0.05) is 6.08 Å². The van der Waals surface area contributed by atoms with Gasteiger partial charge in [-0.2, -0.15) is 0 Å². The molecule has 0 amide bonds. The van der Waals surface area contributed by atoms with Crippen LogP contribution in [0.5, 0.6) is 0 Å². The largest absolute Gasteiger partial charge is 0.380 e. The summed E-state index contributed by atoms with van der Waals surface area (Å²) in [5, 5.41) is 9.60. The number of ether oxygens (including phenoxy) is 1. The van der Waals surface area contributed by atoms with Crippen LogP contribution in [0.15, 0.2) is 12.7 Å². The summed E-state index contributed by atoms with van der Waals surface area (Å²) < 4.78 is 4.46. The average molecular weight is 115 g/mol. The summed E-state index contributed by atoms with van der Waals surface area (Å²) in [6.45, 7) is 3.22. The lowest BCUT2D eigenvalue weighted by Gasteiger charge is -1.89.